The Bertz CT molecular complexity index is 988. The highest BCUT2D eigenvalue weighted by atomic mass is 35.5. The second-order valence-electron chi connectivity index (χ2n) is 7.69. The molecular formula is C23H27ClF3N3O3S. The molecule has 1 aliphatic rings. The van der Waals surface area contributed by atoms with E-state index in [4.69, 9.17) is 38.0 Å². The molecule has 1 N–H and O–H groups in total. The number of thiocarbonyl (C=S) groups is 1. The zero-order valence-electron chi connectivity index (χ0n) is 19.0. The minimum atomic E-state index is -4.47. The van der Waals surface area contributed by atoms with E-state index in [1.807, 2.05) is 23.1 Å². The zero-order valence-corrected chi connectivity index (χ0v) is 20.5. The standard InChI is InChI=1S/C23H27ClF3N3O3S/c1-31-20-6-3-16(13-21(20)32-2)15-30(8-7-29-9-11-33-12-10-29)22(34)28-19-5-4-17(14-18(19)24)23(25,26)27/h3-6,13-14H,7-12,15H2,1-2H3,(H,28,34). The molecule has 0 unspecified atom stereocenters. The van der Waals surface area contributed by atoms with Crippen LogP contribution in [0.5, 0.6) is 11.5 Å². The van der Waals surface area contributed by atoms with Gasteiger partial charge in [-0.2, -0.15) is 13.2 Å². The van der Waals surface area contributed by atoms with Crippen molar-refractivity contribution in [2.75, 3.05) is 58.9 Å². The van der Waals surface area contributed by atoms with Gasteiger partial charge in [0.1, 0.15) is 0 Å². The van der Waals surface area contributed by atoms with Crippen molar-refractivity contribution in [1.82, 2.24) is 9.80 Å². The SMILES string of the molecule is COc1ccc(CN(CCN2CCOCC2)C(=S)Nc2ccc(C(F)(F)F)cc2Cl)cc1OC. The van der Waals surface area contributed by atoms with E-state index in [-0.39, 0.29) is 5.02 Å². The summed E-state index contributed by atoms with van der Waals surface area (Å²) >= 11 is 11.8. The number of nitrogens with one attached hydrogen (secondary N) is 1. The van der Waals surface area contributed by atoms with Gasteiger partial charge in [-0.05, 0) is 48.1 Å². The van der Waals surface area contributed by atoms with Gasteiger partial charge in [0.05, 0.1) is 43.7 Å². The van der Waals surface area contributed by atoms with E-state index in [1.54, 1.807) is 14.2 Å². The molecule has 0 bridgehead atoms. The number of nitrogens with zero attached hydrogens (tertiary/aromatic N) is 2. The van der Waals surface area contributed by atoms with Crippen LogP contribution in [0.4, 0.5) is 18.9 Å². The van der Waals surface area contributed by atoms with Crippen molar-refractivity contribution in [2.45, 2.75) is 12.7 Å². The first kappa shape index (κ1) is 26.3. The molecular weight excluding hydrogens is 491 g/mol. The Morgan fingerprint density at radius 2 is 1.82 bits per heavy atom. The summed E-state index contributed by atoms with van der Waals surface area (Å²) in [7, 11) is 3.13. The second kappa shape index (κ2) is 11.9. The minimum absolute atomic E-state index is 0.0589. The van der Waals surface area contributed by atoms with E-state index in [0.29, 0.717) is 48.6 Å². The Balaban J connectivity index is 1.77. The van der Waals surface area contributed by atoms with Crippen LogP contribution in [0.1, 0.15) is 11.1 Å². The topological polar surface area (TPSA) is 46.2 Å². The van der Waals surface area contributed by atoms with Gasteiger partial charge >= 0.3 is 6.18 Å². The lowest BCUT2D eigenvalue weighted by Gasteiger charge is -2.31. The molecule has 34 heavy (non-hydrogen) atoms. The van der Waals surface area contributed by atoms with Gasteiger partial charge in [-0.1, -0.05) is 17.7 Å². The maximum Gasteiger partial charge on any atom is 0.416 e. The number of halogens is 4. The molecule has 1 aliphatic heterocycles. The third kappa shape index (κ3) is 7.11. The first-order valence-electron chi connectivity index (χ1n) is 10.6. The molecule has 3 rings (SSSR count). The van der Waals surface area contributed by atoms with Crippen molar-refractivity contribution in [2.24, 2.45) is 0 Å². The average Bonchev–Trinajstić information content (AvgIpc) is 2.82. The van der Waals surface area contributed by atoms with Crippen molar-refractivity contribution < 1.29 is 27.4 Å². The molecule has 0 aromatic heterocycles. The molecule has 1 fully saturated rings. The van der Waals surface area contributed by atoms with Crippen LogP contribution >= 0.6 is 23.8 Å². The summed E-state index contributed by atoms with van der Waals surface area (Å²) in [6.07, 6.45) is -4.47. The van der Waals surface area contributed by atoms with Gasteiger partial charge in [-0.25, -0.2) is 0 Å². The molecule has 0 atom stereocenters. The number of anilines is 1. The van der Waals surface area contributed by atoms with E-state index in [9.17, 15) is 13.2 Å². The van der Waals surface area contributed by atoms with Crippen LogP contribution in [0.2, 0.25) is 5.02 Å². The summed E-state index contributed by atoms with van der Waals surface area (Å²) < 4.78 is 55.1. The number of alkyl halides is 3. The van der Waals surface area contributed by atoms with Crippen LogP contribution in [0.15, 0.2) is 36.4 Å². The van der Waals surface area contributed by atoms with Crippen molar-refractivity contribution in [3.8, 4) is 11.5 Å². The first-order valence-corrected chi connectivity index (χ1v) is 11.4. The summed E-state index contributed by atoms with van der Waals surface area (Å²) in [6.45, 7) is 4.82. The summed E-state index contributed by atoms with van der Waals surface area (Å²) in [4.78, 5) is 4.22. The Morgan fingerprint density at radius 1 is 1.12 bits per heavy atom. The van der Waals surface area contributed by atoms with Crippen molar-refractivity contribution in [3.05, 3.63) is 52.5 Å². The molecule has 0 spiro atoms. The van der Waals surface area contributed by atoms with Crippen molar-refractivity contribution in [1.29, 1.82) is 0 Å². The lowest BCUT2D eigenvalue weighted by molar-refractivity contribution is -0.137. The smallest absolute Gasteiger partial charge is 0.416 e. The Labute approximate surface area is 207 Å². The molecule has 186 valence electrons. The lowest BCUT2D eigenvalue weighted by Crippen LogP contribution is -2.44. The van der Waals surface area contributed by atoms with Crippen LogP contribution in [0.25, 0.3) is 0 Å². The van der Waals surface area contributed by atoms with Crippen LogP contribution in [0.3, 0.4) is 0 Å². The van der Waals surface area contributed by atoms with Gasteiger partial charge in [-0.15, -0.1) is 0 Å². The highest BCUT2D eigenvalue weighted by Gasteiger charge is 2.31. The third-order valence-corrected chi connectivity index (χ3v) is 6.11. The summed E-state index contributed by atoms with van der Waals surface area (Å²) in [6, 6.07) is 8.75. The molecule has 1 heterocycles. The van der Waals surface area contributed by atoms with Gasteiger partial charge in [-0.3, -0.25) is 4.90 Å². The van der Waals surface area contributed by atoms with Crippen LogP contribution < -0.4 is 14.8 Å². The van der Waals surface area contributed by atoms with Gasteiger partial charge in [0.25, 0.3) is 0 Å². The number of rotatable bonds is 8. The average molecular weight is 518 g/mol. The van der Waals surface area contributed by atoms with E-state index in [0.717, 1.165) is 37.3 Å². The van der Waals surface area contributed by atoms with Gasteiger partial charge in [0, 0.05) is 32.7 Å². The molecule has 0 radical (unpaired) electrons. The summed E-state index contributed by atoms with van der Waals surface area (Å²) in [5.41, 5.74) is 0.425. The summed E-state index contributed by atoms with van der Waals surface area (Å²) in [5.74, 6) is 1.21. The predicted molar refractivity (Wildman–Crippen MR) is 130 cm³/mol. The number of ether oxygens (including phenoxy) is 3. The molecule has 11 heteroatoms. The Kier molecular flexibility index (Phi) is 9.24. The maximum atomic E-state index is 13.0. The largest absolute Gasteiger partial charge is 0.493 e. The van der Waals surface area contributed by atoms with Gasteiger partial charge in [0.2, 0.25) is 0 Å². The van der Waals surface area contributed by atoms with Crippen molar-refractivity contribution in [3.63, 3.8) is 0 Å². The monoisotopic (exact) mass is 517 g/mol. The highest BCUT2D eigenvalue weighted by molar-refractivity contribution is 7.80. The van der Waals surface area contributed by atoms with E-state index in [2.05, 4.69) is 10.2 Å². The molecule has 1 saturated heterocycles. The second-order valence-corrected chi connectivity index (χ2v) is 8.48. The molecule has 2 aromatic carbocycles. The van der Waals surface area contributed by atoms with Crippen LogP contribution in [-0.4, -0.2) is 68.5 Å². The molecule has 0 saturated carbocycles. The lowest BCUT2D eigenvalue weighted by atomic mass is 10.2. The number of morpholine rings is 1. The number of benzene rings is 2. The van der Waals surface area contributed by atoms with Crippen molar-refractivity contribution >= 4 is 34.6 Å². The number of hydrogen-bond acceptors (Lipinski definition) is 5. The first-order chi connectivity index (χ1) is 16.2. The molecule has 6 nitrogen and oxygen atoms in total. The Morgan fingerprint density at radius 3 is 2.44 bits per heavy atom. The number of hydrogen-bond donors (Lipinski definition) is 1. The zero-order chi connectivity index (χ0) is 24.7. The van der Waals surface area contributed by atoms with Crippen LogP contribution in [-0.2, 0) is 17.5 Å². The van der Waals surface area contributed by atoms with Gasteiger partial charge in [0.15, 0.2) is 16.6 Å². The van der Waals surface area contributed by atoms with Gasteiger partial charge < -0.3 is 24.4 Å². The Hall–Kier alpha value is -2.27. The summed E-state index contributed by atoms with van der Waals surface area (Å²) in [5, 5.41) is 3.30. The quantitative estimate of drug-likeness (QED) is 0.499. The fraction of sp³-hybridized carbons (Fsp3) is 0.435. The molecule has 0 aliphatic carbocycles. The van der Waals surface area contributed by atoms with E-state index in [1.165, 1.54) is 6.07 Å². The molecule has 0 amide bonds. The third-order valence-electron chi connectivity index (χ3n) is 5.44. The highest BCUT2D eigenvalue weighted by Crippen LogP contribution is 2.34. The maximum absolute atomic E-state index is 13.0. The van der Waals surface area contributed by atoms with E-state index < -0.39 is 11.7 Å². The number of methoxy groups -OCH3 is 2. The van der Waals surface area contributed by atoms with E-state index >= 15 is 0 Å². The fourth-order valence-electron chi connectivity index (χ4n) is 3.53. The van der Waals surface area contributed by atoms with Crippen LogP contribution in [0, 0.1) is 0 Å². The minimum Gasteiger partial charge on any atom is -0.493 e. The fourth-order valence-corrected chi connectivity index (χ4v) is 4.02. The normalized spacial score (nSPS) is 14.5. The molecule has 2 aromatic rings. The predicted octanol–water partition coefficient (Wildman–Crippen LogP) is 4.91.